The lowest BCUT2D eigenvalue weighted by atomic mass is 10.3. The molecule has 0 radical (unpaired) electrons. The average molecular weight is 424 g/mol. The maximum absolute atomic E-state index is 12.8. The standard InChI is InChI=1S/C13H14FIN2O3S/c1-3-19-13(18)11-9(15)10(16-2)12(21-11)17-4-5-20-8(6-14)7-17/h8H,3-7H2,1H3. The molecule has 2 rings (SSSR count). The van der Waals surface area contributed by atoms with Crippen molar-refractivity contribution in [3.05, 3.63) is 19.9 Å². The van der Waals surface area contributed by atoms with Crippen LogP contribution in [0.5, 0.6) is 0 Å². The molecule has 0 N–H and O–H groups in total. The van der Waals surface area contributed by atoms with Gasteiger partial charge in [0.25, 0.3) is 0 Å². The summed E-state index contributed by atoms with van der Waals surface area (Å²) in [5.41, 5.74) is 0.433. The van der Waals surface area contributed by atoms with Crippen LogP contribution in [0.2, 0.25) is 0 Å². The number of hydrogen-bond donors (Lipinski definition) is 0. The molecule has 21 heavy (non-hydrogen) atoms. The number of halogens is 2. The zero-order valence-electron chi connectivity index (χ0n) is 11.4. The number of morpholine rings is 1. The van der Waals surface area contributed by atoms with Gasteiger partial charge in [-0.05, 0) is 6.92 Å². The molecule has 1 aromatic rings. The van der Waals surface area contributed by atoms with Crippen molar-refractivity contribution in [1.29, 1.82) is 0 Å². The molecule has 1 fully saturated rings. The summed E-state index contributed by atoms with van der Waals surface area (Å²) in [6.45, 7) is 10.2. The fourth-order valence-corrected chi connectivity index (χ4v) is 4.20. The van der Waals surface area contributed by atoms with Gasteiger partial charge in [0.1, 0.15) is 17.7 Å². The van der Waals surface area contributed by atoms with Crippen LogP contribution in [0.3, 0.4) is 0 Å². The van der Waals surface area contributed by atoms with Gasteiger partial charge in [-0.1, -0.05) is 22.6 Å². The molecule has 0 aromatic carbocycles. The smallest absolute Gasteiger partial charge is 0.348 e. The fraction of sp³-hybridized carbons (Fsp3) is 0.538. The summed E-state index contributed by atoms with van der Waals surface area (Å²) in [6.07, 6.45) is -0.483. The highest BCUT2D eigenvalue weighted by Crippen LogP contribution is 2.44. The molecule has 1 aromatic heterocycles. The van der Waals surface area contributed by atoms with Gasteiger partial charge in [0.2, 0.25) is 5.69 Å². The monoisotopic (exact) mass is 424 g/mol. The number of thiophene rings is 1. The summed E-state index contributed by atoms with van der Waals surface area (Å²) >= 11 is 3.22. The molecule has 0 spiro atoms. The Morgan fingerprint density at radius 1 is 1.71 bits per heavy atom. The first-order valence-corrected chi connectivity index (χ1v) is 8.31. The van der Waals surface area contributed by atoms with E-state index >= 15 is 0 Å². The van der Waals surface area contributed by atoms with Crippen molar-refractivity contribution in [3.8, 4) is 0 Å². The van der Waals surface area contributed by atoms with Gasteiger partial charge in [-0.2, -0.15) is 0 Å². The highest BCUT2D eigenvalue weighted by Gasteiger charge is 2.28. The summed E-state index contributed by atoms with van der Waals surface area (Å²) in [5, 5.41) is 0.694. The number of hydrogen-bond acceptors (Lipinski definition) is 5. The molecule has 1 atom stereocenters. The second-order valence-corrected chi connectivity index (χ2v) is 6.40. The van der Waals surface area contributed by atoms with Gasteiger partial charge in [-0.25, -0.2) is 14.0 Å². The Morgan fingerprint density at radius 3 is 3.10 bits per heavy atom. The summed E-state index contributed by atoms with van der Waals surface area (Å²) in [4.78, 5) is 17.8. The largest absolute Gasteiger partial charge is 0.462 e. The van der Waals surface area contributed by atoms with Crippen molar-refractivity contribution < 1.29 is 18.7 Å². The zero-order chi connectivity index (χ0) is 15.4. The van der Waals surface area contributed by atoms with E-state index in [1.54, 1.807) is 6.92 Å². The van der Waals surface area contributed by atoms with E-state index in [4.69, 9.17) is 16.0 Å². The van der Waals surface area contributed by atoms with Gasteiger partial charge in [-0.3, -0.25) is 0 Å². The number of carbonyl (C=O) groups is 1. The van der Waals surface area contributed by atoms with Crippen LogP contribution in [-0.4, -0.2) is 45.1 Å². The minimum Gasteiger partial charge on any atom is -0.462 e. The fourth-order valence-electron chi connectivity index (χ4n) is 2.03. The van der Waals surface area contributed by atoms with Gasteiger partial charge in [0.05, 0.1) is 24.8 Å². The van der Waals surface area contributed by atoms with Gasteiger partial charge < -0.3 is 14.4 Å². The zero-order valence-corrected chi connectivity index (χ0v) is 14.4. The number of anilines is 1. The molecule has 1 aliphatic heterocycles. The number of esters is 1. The summed E-state index contributed by atoms with van der Waals surface area (Å²) < 4.78 is 23.7. The first kappa shape index (κ1) is 16.5. The number of nitrogens with zero attached hydrogens (tertiary/aromatic N) is 2. The number of rotatable bonds is 4. The van der Waals surface area contributed by atoms with Crippen LogP contribution in [0, 0.1) is 10.1 Å². The van der Waals surface area contributed by atoms with E-state index in [1.807, 2.05) is 27.5 Å². The molecule has 0 bridgehead atoms. The third kappa shape index (κ3) is 3.46. The van der Waals surface area contributed by atoms with Crippen LogP contribution in [0.4, 0.5) is 15.1 Å². The minimum atomic E-state index is -0.558. The van der Waals surface area contributed by atoms with Crippen LogP contribution in [0.25, 0.3) is 4.85 Å². The molecular formula is C13H14FIN2O3S. The van der Waals surface area contributed by atoms with Crippen LogP contribution < -0.4 is 4.90 Å². The highest BCUT2D eigenvalue weighted by molar-refractivity contribution is 14.1. The van der Waals surface area contributed by atoms with Gasteiger partial charge in [0.15, 0.2) is 0 Å². The Bertz CT molecular complexity index is 572. The lowest BCUT2D eigenvalue weighted by molar-refractivity contribution is 0.0250. The second-order valence-electron chi connectivity index (χ2n) is 4.32. The molecule has 1 unspecified atom stereocenters. The van der Waals surface area contributed by atoms with Crippen molar-refractivity contribution >= 4 is 50.6 Å². The summed E-state index contributed by atoms with van der Waals surface area (Å²) in [5.74, 6) is -0.418. The first-order chi connectivity index (χ1) is 10.1. The van der Waals surface area contributed by atoms with Crippen molar-refractivity contribution in [2.75, 3.05) is 37.9 Å². The number of ether oxygens (including phenoxy) is 2. The van der Waals surface area contributed by atoms with Gasteiger partial charge in [0, 0.05) is 16.7 Å². The van der Waals surface area contributed by atoms with Crippen LogP contribution in [0.15, 0.2) is 0 Å². The predicted molar refractivity (Wildman–Crippen MR) is 87.2 cm³/mol. The van der Waals surface area contributed by atoms with Crippen LogP contribution >= 0.6 is 33.9 Å². The maximum atomic E-state index is 12.8. The third-order valence-corrected chi connectivity index (χ3v) is 5.62. The minimum absolute atomic E-state index is 0.289. The van der Waals surface area contributed by atoms with Crippen LogP contribution in [-0.2, 0) is 9.47 Å². The highest BCUT2D eigenvalue weighted by atomic mass is 127. The Morgan fingerprint density at radius 2 is 2.48 bits per heavy atom. The van der Waals surface area contributed by atoms with E-state index in [1.165, 1.54) is 11.3 Å². The molecule has 1 saturated heterocycles. The van der Waals surface area contributed by atoms with Crippen molar-refractivity contribution in [2.45, 2.75) is 13.0 Å². The Hall–Kier alpha value is -0.920. The molecule has 0 saturated carbocycles. The molecule has 2 heterocycles. The number of alkyl halides is 1. The third-order valence-electron chi connectivity index (χ3n) is 2.98. The van der Waals surface area contributed by atoms with E-state index < -0.39 is 18.7 Å². The van der Waals surface area contributed by atoms with E-state index in [9.17, 15) is 9.18 Å². The van der Waals surface area contributed by atoms with Crippen molar-refractivity contribution in [3.63, 3.8) is 0 Å². The summed E-state index contributed by atoms with van der Waals surface area (Å²) in [6, 6.07) is 0. The molecule has 1 aliphatic rings. The molecule has 0 amide bonds. The maximum Gasteiger partial charge on any atom is 0.348 e. The lowest BCUT2D eigenvalue weighted by Crippen LogP contribution is -2.43. The molecule has 5 nitrogen and oxygen atoms in total. The van der Waals surface area contributed by atoms with Gasteiger partial charge in [-0.15, -0.1) is 11.3 Å². The normalized spacial score (nSPS) is 18.4. The predicted octanol–water partition coefficient (Wildman–Crippen LogP) is 3.25. The van der Waals surface area contributed by atoms with Crippen LogP contribution in [0.1, 0.15) is 16.6 Å². The SMILES string of the molecule is [C-]#[N+]c1c(N2CCOC(CF)C2)sc(C(=O)OCC)c1I. The van der Waals surface area contributed by atoms with Gasteiger partial charge >= 0.3 is 5.97 Å². The second kappa shape index (κ2) is 7.38. The van der Waals surface area contributed by atoms with E-state index in [0.717, 1.165) is 0 Å². The quantitative estimate of drug-likeness (QED) is 0.423. The van der Waals surface area contributed by atoms with E-state index in [-0.39, 0.29) is 6.61 Å². The lowest BCUT2D eigenvalue weighted by Gasteiger charge is -2.32. The Labute approximate surface area is 140 Å². The van der Waals surface area contributed by atoms with E-state index in [2.05, 4.69) is 4.85 Å². The van der Waals surface area contributed by atoms with Crippen molar-refractivity contribution in [1.82, 2.24) is 0 Å². The average Bonchev–Trinajstić information content (AvgIpc) is 2.84. The topological polar surface area (TPSA) is 43.1 Å². The number of carbonyl (C=O) groups excluding carboxylic acids is 1. The molecular weight excluding hydrogens is 410 g/mol. The molecule has 114 valence electrons. The van der Waals surface area contributed by atoms with E-state index in [0.29, 0.717) is 38.8 Å². The molecule has 8 heteroatoms. The molecule has 0 aliphatic carbocycles. The van der Waals surface area contributed by atoms with Crippen molar-refractivity contribution in [2.24, 2.45) is 0 Å². The summed E-state index contributed by atoms with van der Waals surface area (Å²) in [7, 11) is 0. The Balaban J connectivity index is 2.33. The first-order valence-electron chi connectivity index (χ1n) is 6.41. The Kier molecular flexibility index (Phi) is 5.78.